The Labute approximate surface area is 142 Å². The van der Waals surface area contributed by atoms with E-state index in [1.54, 1.807) is 13.3 Å². The predicted octanol–water partition coefficient (Wildman–Crippen LogP) is 4.13. The van der Waals surface area contributed by atoms with Crippen LogP contribution in [0.3, 0.4) is 0 Å². The molecule has 0 aliphatic rings. The highest BCUT2D eigenvalue weighted by Crippen LogP contribution is 2.41. The summed E-state index contributed by atoms with van der Waals surface area (Å²) in [7, 11) is 1.63. The zero-order valence-corrected chi connectivity index (χ0v) is 13.9. The van der Waals surface area contributed by atoms with Gasteiger partial charge in [-0.2, -0.15) is 0 Å². The first-order valence-electron chi connectivity index (χ1n) is 7.95. The average Bonchev–Trinajstić information content (AvgIpc) is 2.63. The van der Waals surface area contributed by atoms with Gasteiger partial charge in [0.1, 0.15) is 5.75 Å². The maximum atomic E-state index is 11.4. The summed E-state index contributed by atoms with van der Waals surface area (Å²) in [6.45, 7) is 1.83. The van der Waals surface area contributed by atoms with Crippen LogP contribution >= 0.6 is 0 Å². The summed E-state index contributed by atoms with van der Waals surface area (Å²) in [5, 5.41) is 11.4. The van der Waals surface area contributed by atoms with Crippen molar-refractivity contribution in [3.05, 3.63) is 95.8 Å². The van der Waals surface area contributed by atoms with E-state index in [-0.39, 0.29) is 5.92 Å². The van der Waals surface area contributed by atoms with Crippen molar-refractivity contribution in [2.24, 2.45) is 0 Å². The Morgan fingerprint density at radius 1 is 0.917 bits per heavy atom. The van der Waals surface area contributed by atoms with Gasteiger partial charge in [0.2, 0.25) is 0 Å². The summed E-state index contributed by atoms with van der Waals surface area (Å²) < 4.78 is 5.22. The van der Waals surface area contributed by atoms with Crippen molar-refractivity contribution in [1.82, 2.24) is 4.98 Å². The van der Waals surface area contributed by atoms with E-state index in [0.29, 0.717) is 0 Å². The molecule has 0 bridgehead atoms. The number of nitrogens with zero attached hydrogens (tertiary/aromatic N) is 1. The quantitative estimate of drug-likeness (QED) is 0.769. The average molecular weight is 319 g/mol. The lowest BCUT2D eigenvalue weighted by atomic mass is 9.76. The van der Waals surface area contributed by atoms with E-state index in [2.05, 4.69) is 4.98 Å². The van der Waals surface area contributed by atoms with Gasteiger partial charge in [-0.1, -0.05) is 48.5 Å². The molecule has 2 aromatic carbocycles. The van der Waals surface area contributed by atoms with Crippen LogP contribution in [0, 0.1) is 0 Å². The maximum absolute atomic E-state index is 11.4. The van der Waals surface area contributed by atoms with Crippen molar-refractivity contribution in [2.75, 3.05) is 7.11 Å². The zero-order chi connectivity index (χ0) is 17.0. The molecule has 0 saturated heterocycles. The molecule has 0 aliphatic heterocycles. The SMILES string of the molecule is COc1ccc([C@@](C)(O)[C@H](c2ccccc2)c2ccccn2)cc1. The number of ether oxygens (including phenoxy) is 1. The normalized spacial score (nSPS) is 14.6. The molecular formula is C21H21NO2. The van der Waals surface area contributed by atoms with E-state index < -0.39 is 5.60 Å². The summed E-state index contributed by atoms with van der Waals surface area (Å²) in [5.74, 6) is 0.497. The molecule has 1 heterocycles. The van der Waals surface area contributed by atoms with Crippen molar-refractivity contribution in [2.45, 2.75) is 18.4 Å². The summed E-state index contributed by atoms with van der Waals surface area (Å²) in [5.41, 5.74) is 1.58. The van der Waals surface area contributed by atoms with E-state index in [9.17, 15) is 5.11 Å². The van der Waals surface area contributed by atoms with Crippen LogP contribution < -0.4 is 4.74 Å². The topological polar surface area (TPSA) is 42.4 Å². The predicted molar refractivity (Wildman–Crippen MR) is 95.1 cm³/mol. The number of rotatable bonds is 5. The summed E-state index contributed by atoms with van der Waals surface area (Å²) in [6, 6.07) is 23.3. The number of pyridine rings is 1. The molecule has 0 saturated carbocycles. The van der Waals surface area contributed by atoms with Crippen LogP contribution in [0.2, 0.25) is 0 Å². The lowest BCUT2D eigenvalue weighted by Crippen LogP contribution is -2.31. The first-order valence-corrected chi connectivity index (χ1v) is 7.95. The second kappa shape index (κ2) is 6.85. The fourth-order valence-electron chi connectivity index (χ4n) is 3.07. The molecule has 0 radical (unpaired) electrons. The van der Waals surface area contributed by atoms with Crippen LogP contribution in [0.4, 0.5) is 0 Å². The molecule has 3 heteroatoms. The molecule has 3 nitrogen and oxygen atoms in total. The Morgan fingerprint density at radius 2 is 1.58 bits per heavy atom. The molecule has 0 unspecified atom stereocenters. The zero-order valence-electron chi connectivity index (χ0n) is 13.9. The Balaban J connectivity index is 2.09. The first kappa shape index (κ1) is 16.2. The monoisotopic (exact) mass is 319 g/mol. The second-order valence-corrected chi connectivity index (χ2v) is 5.97. The van der Waals surface area contributed by atoms with Crippen LogP contribution in [0.15, 0.2) is 79.0 Å². The smallest absolute Gasteiger partial charge is 0.118 e. The van der Waals surface area contributed by atoms with Gasteiger partial charge < -0.3 is 9.84 Å². The number of methoxy groups -OCH3 is 1. The third-order valence-electron chi connectivity index (χ3n) is 4.35. The number of benzene rings is 2. The molecule has 3 rings (SSSR count). The van der Waals surface area contributed by atoms with Gasteiger partial charge in [-0.25, -0.2) is 0 Å². The molecular weight excluding hydrogens is 298 g/mol. The summed E-state index contributed by atoms with van der Waals surface area (Å²) in [4.78, 5) is 4.50. The fourth-order valence-corrected chi connectivity index (χ4v) is 3.07. The standard InChI is InChI=1S/C21H21NO2/c1-21(23,17-11-13-18(24-2)14-12-17)20(16-8-4-3-5-9-16)19-10-6-7-15-22-19/h3-15,20,23H,1-2H3/t20-,21-/m1/s1. The summed E-state index contributed by atoms with van der Waals surface area (Å²) in [6.07, 6.45) is 1.76. The van der Waals surface area contributed by atoms with Crippen molar-refractivity contribution >= 4 is 0 Å². The van der Waals surface area contributed by atoms with Crippen molar-refractivity contribution in [3.63, 3.8) is 0 Å². The minimum Gasteiger partial charge on any atom is -0.497 e. The molecule has 0 aliphatic carbocycles. The Morgan fingerprint density at radius 3 is 2.17 bits per heavy atom. The molecule has 1 N–H and O–H groups in total. The molecule has 3 aromatic rings. The Hall–Kier alpha value is -2.65. The van der Waals surface area contributed by atoms with E-state index in [4.69, 9.17) is 4.74 Å². The number of hydrogen-bond acceptors (Lipinski definition) is 3. The Kier molecular flexibility index (Phi) is 4.63. The van der Waals surface area contributed by atoms with E-state index in [1.165, 1.54) is 0 Å². The third kappa shape index (κ3) is 3.17. The maximum Gasteiger partial charge on any atom is 0.118 e. The minimum absolute atomic E-state index is 0.270. The van der Waals surface area contributed by atoms with Gasteiger partial charge in [-0.3, -0.25) is 4.98 Å². The van der Waals surface area contributed by atoms with E-state index >= 15 is 0 Å². The first-order chi connectivity index (χ1) is 11.6. The van der Waals surface area contributed by atoms with Gasteiger partial charge in [-0.15, -0.1) is 0 Å². The molecule has 0 fully saturated rings. The van der Waals surface area contributed by atoms with E-state index in [1.807, 2.05) is 79.7 Å². The van der Waals surface area contributed by atoms with Gasteiger partial charge in [0.15, 0.2) is 0 Å². The second-order valence-electron chi connectivity index (χ2n) is 5.97. The highest BCUT2D eigenvalue weighted by atomic mass is 16.5. The molecule has 2 atom stereocenters. The summed E-state index contributed by atoms with van der Waals surface area (Å²) >= 11 is 0. The van der Waals surface area contributed by atoms with Gasteiger partial charge in [-0.05, 0) is 42.3 Å². The molecule has 1 aromatic heterocycles. The molecule has 24 heavy (non-hydrogen) atoms. The van der Waals surface area contributed by atoms with E-state index in [0.717, 1.165) is 22.6 Å². The molecule has 0 amide bonds. The van der Waals surface area contributed by atoms with Gasteiger partial charge >= 0.3 is 0 Å². The number of aliphatic hydroxyl groups is 1. The molecule has 0 spiro atoms. The largest absolute Gasteiger partial charge is 0.497 e. The van der Waals surface area contributed by atoms with Crippen molar-refractivity contribution in [3.8, 4) is 5.75 Å². The lowest BCUT2D eigenvalue weighted by molar-refractivity contribution is 0.0380. The van der Waals surface area contributed by atoms with Crippen LogP contribution in [-0.4, -0.2) is 17.2 Å². The third-order valence-corrected chi connectivity index (χ3v) is 4.35. The van der Waals surface area contributed by atoms with Crippen LogP contribution in [0.1, 0.15) is 29.7 Å². The van der Waals surface area contributed by atoms with Gasteiger partial charge in [0.25, 0.3) is 0 Å². The van der Waals surface area contributed by atoms with Crippen molar-refractivity contribution in [1.29, 1.82) is 0 Å². The van der Waals surface area contributed by atoms with Crippen LogP contribution in [0.5, 0.6) is 5.75 Å². The number of hydrogen-bond donors (Lipinski definition) is 1. The van der Waals surface area contributed by atoms with Gasteiger partial charge in [0.05, 0.1) is 24.3 Å². The van der Waals surface area contributed by atoms with Crippen LogP contribution in [0.25, 0.3) is 0 Å². The Bertz CT molecular complexity index is 728. The highest BCUT2D eigenvalue weighted by molar-refractivity contribution is 5.39. The van der Waals surface area contributed by atoms with Crippen molar-refractivity contribution < 1.29 is 9.84 Å². The fraction of sp³-hybridized carbons (Fsp3) is 0.190. The molecule has 122 valence electrons. The lowest BCUT2D eigenvalue weighted by Gasteiger charge is -2.33. The van der Waals surface area contributed by atoms with Gasteiger partial charge in [0, 0.05) is 6.20 Å². The van der Waals surface area contributed by atoms with Crippen LogP contribution in [-0.2, 0) is 5.60 Å². The highest BCUT2D eigenvalue weighted by Gasteiger charge is 2.37. The number of aromatic nitrogens is 1. The minimum atomic E-state index is -1.11.